The average Bonchev–Trinajstić information content (AvgIpc) is 2.51. The molecular weight excluding hydrogens is 210 g/mol. The lowest BCUT2D eigenvalue weighted by Crippen LogP contribution is -2.26. The second-order valence-corrected chi connectivity index (χ2v) is 5.21. The van der Waals surface area contributed by atoms with Crippen molar-refractivity contribution < 1.29 is 9.90 Å². The summed E-state index contributed by atoms with van der Waals surface area (Å²) in [4.78, 5) is 10.9. The van der Waals surface area contributed by atoms with Crippen LogP contribution in [-0.4, -0.2) is 17.6 Å². The van der Waals surface area contributed by atoms with Gasteiger partial charge in [-0.3, -0.25) is 4.79 Å². The molecule has 0 aromatic carbocycles. The van der Waals surface area contributed by atoms with Gasteiger partial charge in [-0.25, -0.2) is 0 Å². The Hall–Kier alpha value is -1.03. The SMILES string of the molecule is Cc1ccsc1NCCC(C)(C)C(=O)O. The highest BCUT2D eigenvalue weighted by Crippen LogP contribution is 2.24. The van der Waals surface area contributed by atoms with Gasteiger partial charge in [0.25, 0.3) is 0 Å². The summed E-state index contributed by atoms with van der Waals surface area (Å²) < 4.78 is 0. The Morgan fingerprint density at radius 3 is 2.73 bits per heavy atom. The molecule has 0 aliphatic rings. The Bertz CT molecular complexity index is 344. The van der Waals surface area contributed by atoms with E-state index < -0.39 is 11.4 Å². The third-order valence-corrected chi connectivity index (χ3v) is 3.45. The molecule has 0 bridgehead atoms. The number of carboxylic acids is 1. The van der Waals surface area contributed by atoms with Gasteiger partial charge in [-0.1, -0.05) is 0 Å². The molecule has 0 unspecified atom stereocenters. The van der Waals surface area contributed by atoms with Crippen molar-refractivity contribution in [3.63, 3.8) is 0 Å². The van der Waals surface area contributed by atoms with Crippen LogP contribution >= 0.6 is 11.3 Å². The molecular formula is C11H17NO2S. The first-order valence-corrected chi connectivity index (χ1v) is 5.83. The second-order valence-electron chi connectivity index (χ2n) is 4.30. The summed E-state index contributed by atoms with van der Waals surface area (Å²) in [6.07, 6.45) is 0.625. The summed E-state index contributed by atoms with van der Waals surface area (Å²) in [7, 11) is 0. The van der Waals surface area contributed by atoms with Crippen LogP contribution in [0, 0.1) is 12.3 Å². The van der Waals surface area contributed by atoms with E-state index in [-0.39, 0.29) is 0 Å². The largest absolute Gasteiger partial charge is 0.481 e. The Morgan fingerprint density at radius 1 is 1.60 bits per heavy atom. The van der Waals surface area contributed by atoms with Crippen molar-refractivity contribution >= 4 is 22.3 Å². The van der Waals surface area contributed by atoms with Crippen molar-refractivity contribution in [2.45, 2.75) is 27.2 Å². The van der Waals surface area contributed by atoms with Gasteiger partial charge in [-0.2, -0.15) is 0 Å². The monoisotopic (exact) mass is 227 g/mol. The maximum absolute atomic E-state index is 10.9. The minimum absolute atomic E-state index is 0.625. The molecule has 0 fully saturated rings. The Labute approximate surface area is 94.1 Å². The predicted octanol–water partition coefficient (Wildman–Crippen LogP) is 2.97. The fraction of sp³-hybridized carbons (Fsp3) is 0.545. The molecule has 0 amide bonds. The molecule has 1 rings (SSSR count). The fourth-order valence-corrected chi connectivity index (χ4v) is 2.00. The zero-order valence-corrected chi connectivity index (χ0v) is 10.1. The molecule has 0 atom stereocenters. The molecule has 1 aromatic rings. The zero-order valence-electron chi connectivity index (χ0n) is 9.33. The molecule has 0 aliphatic heterocycles. The average molecular weight is 227 g/mol. The molecule has 84 valence electrons. The quantitative estimate of drug-likeness (QED) is 0.813. The number of rotatable bonds is 5. The van der Waals surface area contributed by atoms with Crippen molar-refractivity contribution in [1.82, 2.24) is 0 Å². The van der Waals surface area contributed by atoms with E-state index in [1.54, 1.807) is 25.2 Å². The molecule has 0 saturated heterocycles. The number of hydrogen-bond acceptors (Lipinski definition) is 3. The van der Waals surface area contributed by atoms with Gasteiger partial charge in [0.2, 0.25) is 0 Å². The number of aliphatic carboxylic acids is 1. The molecule has 4 heteroatoms. The van der Waals surface area contributed by atoms with Crippen molar-refractivity contribution in [3.8, 4) is 0 Å². The molecule has 2 N–H and O–H groups in total. The smallest absolute Gasteiger partial charge is 0.309 e. The van der Waals surface area contributed by atoms with Crippen molar-refractivity contribution in [3.05, 3.63) is 17.0 Å². The number of carbonyl (C=O) groups is 1. The summed E-state index contributed by atoms with van der Waals surface area (Å²) in [5, 5.41) is 15.4. The Morgan fingerprint density at radius 2 is 2.27 bits per heavy atom. The molecule has 1 aromatic heterocycles. The van der Waals surface area contributed by atoms with Crippen LogP contribution in [0.4, 0.5) is 5.00 Å². The van der Waals surface area contributed by atoms with Crippen LogP contribution in [0.3, 0.4) is 0 Å². The van der Waals surface area contributed by atoms with Gasteiger partial charge in [-0.05, 0) is 44.2 Å². The van der Waals surface area contributed by atoms with E-state index in [9.17, 15) is 4.79 Å². The van der Waals surface area contributed by atoms with Crippen molar-refractivity contribution in [1.29, 1.82) is 0 Å². The predicted molar refractivity (Wildman–Crippen MR) is 63.6 cm³/mol. The minimum Gasteiger partial charge on any atom is -0.481 e. The number of aryl methyl sites for hydroxylation is 1. The standard InChI is InChI=1S/C11H17NO2S/c1-8-4-7-15-9(8)12-6-5-11(2,3)10(13)14/h4,7,12H,5-6H2,1-3H3,(H,13,14). The van der Waals surface area contributed by atoms with Gasteiger partial charge in [-0.15, -0.1) is 11.3 Å². The molecule has 0 spiro atoms. The van der Waals surface area contributed by atoms with Gasteiger partial charge >= 0.3 is 5.97 Å². The number of carboxylic acid groups (broad SMARTS) is 1. The summed E-state index contributed by atoms with van der Waals surface area (Å²) in [6.45, 7) is 6.23. The van der Waals surface area contributed by atoms with E-state index in [0.717, 1.165) is 5.00 Å². The van der Waals surface area contributed by atoms with E-state index in [1.165, 1.54) is 5.56 Å². The molecule has 0 radical (unpaired) electrons. The maximum Gasteiger partial charge on any atom is 0.309 e. The van der Waals surface area contributed by atoms with Crippen molar-refractivity contribution in [2.75, 3.05) is 11.9 Å². The van der Waals surface area contributed by atoms with E-state index in [0.29, 0.717) is 13.0 Å². The van der Waals surface area contributed by atoms with Crippen LogP contribution in [0.1, 0.15) is 25.8 Å². The zero-order chi connectivity index (χ0) is 11.5. The first-order chi connectivity index (χ1) is 6.93. The van der Waals surface area contributed by atoms with Gasteiger partial charge in [0.15, 0.2) is 0 Å². The van der Waals surface area contributed by atoms with E-state index in [2.05, 4.69) is 11.4 Å². The summed E-state index contributed by atoms with van der Waals surface area (Å²) in [6, 6.07) is 2.05. The highest BCUT2D eigenvalue weighted by Gasteiger charge is 2.26. The highest BCUT2D eigenvalue weighted by atomic mass is 32.1. The van der Waals surface area contributed by atoms with Crippen LogP contribution in [-0.2, 0) is 4.79 Å². The van der Waals surface area contributed by atoms with Crippen molar-refractivity contribution in [2.24, 2.45) is 5.41 Å². The van der Waals surface area contributed by atoms with E-state index >= 15 is 0 Å². The maximum atomic E-state index is 10.9. The number of thiophene rings is 1. The van der Waals surface area contributed by atoms with Crippen LogP contribution in [0.2, 0.25) is 0 Å². The van der Waals surface area contributed by atoms with Gasteiger partial charge < -0.3 is 10.4 Å². The van der Waals surface area contributed by atoms with Crippen LogP contribution in [0.5, 0.6) is 0 Å². The Balaban J connectivity index is 2.40. The lowest BCUT2D eigenvalue weighted by molar-refractivity contribution is -0.147. The number of nitrogens with one attached hydrogen (secondary N) is 1. The lowest BCUT2D eigenvalue weighted by Gasteiger charge is -2.19. The first-order valence-electron chi connectivity index (χ1n) is 4.95. The molecule has 15 heavy (non-hydrogen) atoms. The minimum atomic E-state index is -0.743. The highest BCUT2D eigenvalue weighted by molar-refractivity contribution is 7.14. The first kappa shape index (κ1) is 12.0. The molecule has 3 nitrogen and oxygen atoms in total. The van der Waals surface area contributed by atoms with E-state index in [1.807, 2.05) is 12.3 Å². The van der Waals surface area contributed by atoms with Crippen LogP contribution in [0.25, 0.3) is 0 Å². The summed E-state index contributed by atoms with van der Waals surface area (Å²) in [5.41, 5.74) is 0.561. The van der Waals surface area contributed by atoms with Gasteiger partial charge in [0, 0.05) is 6.54 Å². The van der Waals surface area contributed by atoms with Gasteiger partial charge in [0.1, 0.15) is 0 Å². The lowest BCUT2D eigenvalue weighted by atomic mass is 9.90. The van der Waals surface area contributed by atoms with Crippen LogP contribution < -0.4 is 5.32 Å². The summed E-state index contributed by atoms with van der Waals surface area (Å²) in [5.74, 6) is -0.743. The molecule has 1 heterocycles. The third kappa shape index (κ3) is 3.23. The third-order valence-electron chi connectivity index (χ3n) is 2.48. The van der Waals surface area contributed by atoms with Crippen LogP contribution in [0.15, 0.2) is 11.4 Å². The molecule has 0 saturated carbocycles. The normalized spacial score (nSPS) is 11.4. The summed E-state index contributed by atoms with van der Waals surface area (Å²) >= 11 is 1.65. The van der Waals surface area contributed by atoms with E-state index in [4.69, 9.17) is 5.11 Å². The molecule has 0 aliphatic carbocycles. The topological polar surface area (TPSA) is 49.3 Å². The number of hydrogen-bond donors (Lipinski definition) is 2. The Kier molecular flexibility index (Phi) is 3.74. The van der Waals surface area contributed by atoms with Gasteiger partial charge in [0.05, 0.1) is 10.4 Å². The number of anilines is 1. The fourth-order valence-electron chi connectivity index (χ4n) is 1.15. The second kappa shape index (κ2) is 4.66.